The van der Waals surface area contributed by atoms with Crippen LogP contribution in [0.1, 0.15) is 33.6 Å². The zero-order valence-electron chi connectivity index (χ0n) is 13.2. The van der Waals surface area contributed by atoms with E-state index in [1.165, 1.54) is 0 Å². The summed E-state index contributed by atoms with van der Waals surface area (Å²) in [5.41, 5.74) is 0.0949. The van der Waals surface area contributed by atoms with Gasteiger partial charge in [-0.1, -0.05) is 44.0 Å². The molecule has 1 aromatic heterocycles. The summed E-state index contributed by atoms with van der Waals surface area (Å²) in [7, 11) is 1.72. The Morgan fingerprint density at radius 2 is 1.81 bits per heavy atom. The SMILES string of the molecule is CCCNc1nc(NCC(C)(C)CCOC)c(Cl)cc1Cl. The average molecular weight is 334 g/mol. The average Bonchev–Trinajstić information content (AvgIpc) is 2.43. The van der Waals surface area contributed by atoms with E-state index in [2.05, 4.69) is 36.4 Å². The third-order valence-electron chi connectivity index (χ3n) is 3.19. The van der Waals surface area contributed by atoms with Gasteiger partial charge in [-0.2, -0.15) is 0 Å². The molecule has 0 fully saturated rings. The van der Waals surface area contributed by atoms with E-state index in [-0.39, 0.29) is 5.41 Å². The van der Waals surface area contributed by atoms with Crippen molar-refractivity contribution in [1.29, 1.82) is 0 Å². The number of pyridine rings is 1. The van der Waals surface area contributed by atoms with Crippen LogP contribution in [0, 0.1) is 5.41 Å². The van der Waals surface area contributed by atoms with Crippen molar-refractivity contribution in [3.8, 4) is 0 Å². The lowest BCUT2D eigenvalue weighted by Crippen LogP contribution is -2.25. The molecule has 0 unspecified atom stereocenters. The Morgan fingerprint density at radius 3 is 2.38 bits per heavy atom. The van der Waals surface area contributed by atoms with Crippen LogP contribution in [0.25, 0.3) is 0 Å². The standard InChI is InChI=1S/C15H25Cl2N3O/c1-5-7-18-13-11(16)9-12(17)14(20-13)19-10-15(2,3)6-8-21-4/h9H,5-8,10H2,1-4H3,(H2,18,19,20). The highest BCUT2D eigenvalue weighted by molar-refractivity contribution is 6.37. The predicted molar refractivity (Wildman–Crippen MR) is 91.8 cm³/mol. The summed E-state index contributed by atoms with van der Waals surface area (Å²) >= 11 is 12.3. The molecule has 0 spiro atoms. The molecule has 1 aromatic rings. The van der Waals surface area contributed by atoms with Crippen LogP contribution in [0.5, 0.6) is 0 Å². The third kappa shape index (κ3) is 6.29. The topological polar surface area (TPSA) is 46.2 Å². The van der Waals surface area contributed by atoms with Gasteiger partial charge in [0, 0.05) is 26.8 Å². The van der Waals surface area contributed by atoms with Crippen LogP contribution in [0.2, 0.25) is 10.0 Å². The Kier molecular flexibility index (Phi) is 7.57. The summed E-state index contributed by atoms with van der Waals surface area (Å²) in [5, 5.41) is 7.58. The van der Waals surface area contributed by atoms with Gasteiger partial charge in [-0.05, 0) is 24.3 Å². The van der Waals surface area contributed by atoms with Gasteiger partial charge in [-0.25, -0.2) is 4.98 Å². The first kappa shape index (κ1) is 18.3. The summed E-state index contributed by atoms with van der Waals surface area (Å²) in [4.78, 5) is 4.48. The first-order chi connectivity index (χ1) is 9.89. The molecule has 0 aliphatic rings. The molecule has 0 aliphatic heterocycles. The van der Waals surface area contributed by atoms with Gasteiger partial charge < -0.3 is 15.4 Å². The van der Waals surface area contributed by atoms with Crippen molar-refractivity contribution in [2.75, 3.05) is 37.4 Å². The molecule has 0 aromatic carbocycles. The van der Waals surface area contributed by atoms with Crippen LogP contribution < -0.4 is 10.6 Å². The second-order valence-corrected chi connectivity index (χ2v) is 6.65. The van der Waals surface area contributed by atoms with Gasteiger partial charge >= 0.3 is 0 Å². The minimum absolute atomic E-state index is 0.0949. The summed E-state index contributed by atoms with van der Waals surface area (Å²) in [6, 6.07) is 1.72. The number of hydrogen-bond acceptors (Lipinski definition) is 4. The lowest BCUT2D eigenvalue weighted by Gasteiger charge is -2.25. The molecule has 0 saturated heterocycles. The third-order valence-corrected chi connectivity index (χ3v) is 3.77. The Labute approximate surface area is 137 Å². The van der Waals surface area contributed by atoms with Gasteiger partial charge in [-0.15, -0.1) is 0 Å². The molecular formula is C15H25Cl2N3O. The van der Waals surface area contributed by atoms with Crippen molar-refractivity contribution in [2.24, 2.45) is 5.41 Å². The number of nitrogens with zero attached hydrogens (tertiary/aromatic N) is 1. The zero-order valence-corrected chi connectivity index (χ0v) is 14.7. The Balaban J connectivity index is 2.73. The predicted octanol–water partition coefficient (Wildman–Crippen LogP) is 4.68. The maximum atomic E-state index is 6.21. The monoisotopic (exact) mass is 333 g/mol. The number of nitrogens with one attached hydrogen (secondary N) is 2. The number of ether oxygens (including phenoxy) is 1. The van der Waals surface area contributed by atoms with Gasteiger partial charge in [0.2, 0.25) is 0 Å². The number of rotatable bonds is 9. The summed E-state index contributed by atoms with van der Waals surface area (Å²) in [6.07, 6.45) is 1.97. The highest BCUT2D eigenvalue weighted by Crippen LogP contribution is 2.30. The van der Waals surface area contributed by atoms with Gasteiger partial charge in [-0.3, -0.25) is 0 Å². The minimum atomic E-state index is 0.0949. The Morgan fingerprint density at radius 1 is 1.19 bits per heavy atom. The van der Waals surface area contributed by atoms with Crippen LogP contribution in [0.4, 0.5) is 11.6 Å². The zero-order chi connectivity index (χ0) is 15.9. The van der Waals surface area contributed by atoms with Crippen LogP contribution in [-0.4, -0.2) is 31.8 Å². The molecule has 1 rings (SSSR count). The van der Waals surface area contributed by atoms with Crippen molar-refractivity contribution in [1.82, 2.24) is 4.98 Å². The summed E-state index contributed by atoms with van der Waals surface area (Å²) in [6.45, 7) is 8.78. The molecule has 21 heavy (non-hydrogen) atoms. The highest BCUT2D eigenvalue weighted by atomic mass is 35.5. The minimum Gasteiger partial charge on any atom is -0.385 e. The number of aromatic nitrogens is 1. The van der Waals surface area contributed by atoms with Crippen molar-refractivity contribution in [3.63, 3.8) is 0 Å². The maximum Gasteiger partial charge on any atom is 0.147 e. The van der Waals surface area contributed by atoms with E-state index in [9.17, 15) is 0 Å². The molecule has 0 atom stereocenters. The highest BCUT2D eigenvalue weighted by Gasteiger charge is 2.18. The lowest BCUT2D eigenvalue weighted by atomic mass is 9.90. The Hall–Kier alpha value is -0.710. The smallest absolute Gasteiger partial charge is 0.147 e. The number of halogens is 2. The van der Waals surface area contributed by atoms with Gasteiger partial charge in [0.15, 0.2) is 0 Å². The van der Waals surface area contributed by atoms with Crippen molar-refractivity contribution < 1.29 is 4.74 Å². The van der Waals surface area contributed by atoms with E-state index in [1.807, 2.05) is 0 Å². The largest absolute Gasteiger partial charge is 0.385 e. The van der Waals surface area contributed by atoms with Gasteiger partial charge in [0.05, 0.1) is 10.0 Å². The van der Waals surface area contributed by atoms with Gasteiger partial charge in [0.1, 0.15) is 11.6 Å². The fraction of sp³-hybridized carbons (Fsp3) is 0.667. The first-order valence-electron chi connectivity index (χ1n) is 7.22. The van der Waals surface area contributed by atoms with Crippen LogP contribution >= 0.6 is 23.2 Å². The summed E-state index contributed by atoms with van der Waals surface area (Å²) in [5.74, 6) is 1.32. The van der Waals surface area contributed by atoms with E-state index in [1.54, 1.807) is 13.2 Å². The van der Waals surface area contributed by atoms with Crippen molar-refractivity contribution in [2.45, 2.75) is 33.6 Å². The number of anilines is 2. The maximum absolute atomic E-state index is 6.21. The molecule has 6 heteroatoms. The molecular weight excluding hydrogens is 309 g/mol. The van der Waals surface area contributed by atoms with E-state index in [0.29, 0.717) is 21.7 Å². The van der Waals surface area contributed by atoms with E-state index in [0.717, 1.165) is 32.5 Å². The molecule has 0 saturated carbocycles. The van der Waals surface area contributed by atoms with E-state index in [4.69, 9.17) is 27.9 Å². The van der Waals surface area contributed by atoms with Crippen LogP contribution in [-0.2, 0) is 4.74 Å². The number of hydrogen-bond donors (Lipinski definition) is 2. The molecule has 0 radical (unpaired) electrons. The van der Waals surface area contributed by atoms with E-state index >= 15 is 0 Å². The second kappa shape index (κ2) is 8.66. The van der Waals surface area contributed by atoms with Crippen molar-refractivity contribution in [3.05, 3.63) is 16.1 Å². The van der Waals surface area contributed by atoms with Crippen molar-refractivity contribution >= 4 is 34.8 Å². The molecule has 1 heterocycles. The second-order valence-electron chi connectivity index (χ2n) is 5.84. The normalized spacial score (nSPS) is 11.5. The molecule has 0 aliphatic carbocycles. The molecule has 2 N–H and O–H groups in total. The fourth-order valence-corrected chi connectivity index (χ4v) is 2.24. The molecule has 0 amide bonds. The molecule has 120 valence electrons. The van der Waals surface area contributed by atoms with Gasteiger partial charge in [0.25, 0.3) is 0 Å². The molecule has 0 bridgehead atoms. The van der Waals surface area contributed by atoms with Crippen LogP contribution in [0.3, 0.4) is 0 Å². The quantitative estimate of drug-likeness (QED) is 0.688. The van der Waals surface area contributed by atoms with E-state index < -0.39 is 0 Å². The fourth-order valence-electron chi connectivity index (χ4n) is 1.75. The molecule has 4 nitrogen and oxygen atoms in total. The Bertz CT molecular complexity index is 453. The number of methoxy groups -OCH3 is 1. The van der Waals surface area contributed by atoms with Crippen LogP contribution in [0.15, 0.2) is 6.07 Å². The first-order valence-corrected chi connectivity index (χ1v) is 7.98. The summed E-state index contributed by atoms with van der Waals surface area (Å²) < 4.78 is 5.14. The lowest BCUT2D eigenvalue weighted by molar-refractivity contribution is 0.157.